The first kappa shape index (κ1) is 11.5. The third kappa shape index (κ3) is 1.99. The van der Waals surface area contributed by atoms with Gasteiger partial charge in [-0.15, -0.1) is 0 Å². The molecule has 0 saturated carbocycles. The molecule has 0 aliphatic heterocycles. The monoisotopic (exact) mass is 259 g/mol. The van der Waals surface area contributed by atoms with Gasteiger partial charge in [0, 0.05) is 18.7 Å². The first-order valence-electron chi connectivity index (χ1n) is 5.69. The van der Waals surface area contributed by atoms with Gasteiger partial charge in [0.1, 0.15) is 11.5 Å². The average Bonchev–Trinajstić information content (AvgIpc) is 2.94. The van der Waals surface area contributed by atoms with E-state index >= 15 is 0 Å². The Bertz CT molecular complexity index is 740. The number of fused-ring (bicyclic) bond motifs is 1. The Kier molecular flexibility index (Phi) is 2.59. The molecule has 5 heteroatoms. The summed E-state index contributed by atoms with van der Waals surface area (Å²) in [4.78, 5) is 11.2. The molecule has 2 aromatic heterocycles. The SMILES string of the molecule is O=C(O)c1cc2occc2n1Cc1ccc(F)cc1. The Morgan fingerprint density at radius 1 is 1.26 bits per heavy atom. The van der Waals surface area contributed by atoms with Gasteiger partial charge in [-0.05, 0) is 17.7 Å². The van der Waals surface area contributed by atoms with E-state index < -0.39 is 5.97 Å². The van der Waals surface area contributed by atoms with Crippen molar-refractivity contribution in [1.29, 1.82) is 0 Å². The van der Waals surface area contributed by atoms with Crippen LogP contribution in [0.2, 0.25) is 0 Å². The highest BCUT2D eigenvalue weighted by molar-refractivity contribution is 5.92. The van der Waals surface area contributed by atoms with Crippen molar-refractivity contribution in [3.63, 3.8) is 0 Å². The summed E-state index contributed by atoms with van der Waals surface area (Å²) in [5.41, 5.74) is 2.21. The van der Waals surface area contributed by atoms with Gasteiger partial charge in [0.05, 0.1) is 11.8 Å². The van der Waals surface area contributed by atoms with Crippen molar-refractivity contribution >= 4 is 17.1 Å². The summed E-state index contributed by atoms with van der Waals surface area (Å²) >= 11 is 0. The largest absolute Gasteiger partial charge is 0.477 e. The highest BCUT2D eigenvalue weighted by Gasteiger charge is 2.16. The Morgan fingerprint density at radius 3 is 2.68 bits per heavy atom. The molecule has 0 aliphatic carbocycles. The van der Waals surface area contributed by atoms with Gasteiger partial charge in [-0.2, -0.15) is 0 Å². The van der Waals surface area contributed by atoms with E-state index in [0.717, 1.165) is 5.56 Å². The van der Waals surface area contributed by atoms with E-state index in [4.69, 9.17) is 4.42 Å². The highest BCUT2D eigenvalue weighted by atomic mass is 19.1. The van der Waals surface area contributed by atoms with Crippen LogP contribution in [0.1, 0.15) is 16.1 Å². The average molecular weight is 259 g/mol. The Labute approximate surface area is 107 Å². The first-order valence-corrected chi connectivity index (χ1v) is 5.69. The lowest BCUT2D eigenvalue weighted by molar-refractivity contribution is 0.0686. The number of hydrogen-bond acceptors (Lipinski definition) is 2. The number of halogens is 1. The van der Waals surface area contributed by atoms with Crippen molar-refractivity contribution in [3.8, 4) is 0 Å². The Morgan fingerprint density at radius 2 is 2.00 bits per heavy atom. The summed E-state index contributed by atoms with van der Waals surface area (Å²) in [5.74, 6) is -1.34. The van der Waals surface area contributed by atoms with E-state index in [9.17, 15) is 14.3 Å². The molecular formula is C14H10FNO3. The summed E-state index contributed by atoms with van der Waals surface area (Å²) in [6.45, 7) is 0.352. The second-order valence-electron chi connectivity index (χ2n) is 4.22. The fraction of sp³-hybridized carbons (Fsp3) is 0.0714. The molecule has 0 aliphatic rings. The van der Waals surface area contributed by atoms with Gasteiger partial charge in [0.2, 0.25) is 0 Å². The van der Waals surface area contributed by atoms with Gasteiger partial charge in [0.25, 0.3) is 0 Å². The molecular weight excluding hydrogens is 249 g/mol. The van der Waals surface area contributed by atoms with E-state index in [-0.39, 0.29) is 11.5 Å². The van der Waals surface area contributed by atoms with E-state index in [1.165, 1.54) is 24.5 Å². The fourth-order valence-electron chi connectivity index (χ4n) is 2.10. The molecule has 1 N–H and O–H groups in total. The third-order valence-corrected chi connectivity index (χ3v) is 3.00. The smallest absolute Gasteiger partial charge is 0.352 e. The molecule has 0 unspecified atom stereocenters. The first-order chi connectivity index (χ1) is 9.15. The zero-order valence-electron chi connectivity index (χ0n) is 9.84. The lowest BCUT2D eigenvalue weighted by Crippen LogP contribution is -2.09. The van der Waals surface area contributed by atoms with Gasteiger partial charge in [-0.25, -0.2) is 9.18 Å². The molecule has 0 fully saturated rings. The summed E-state index contributed by atoms with van der Waals surface area (Å²) in [7, 11) is 0. The topological polar surface area (TPSA) is 55.4 Å². The van der Waals surface area contributed by atoms with Crippen LogP contribution in [0.4, 0.5) is 4.39 Å². The van der Waals surface area contributed by atoms with Crippen LogP contribution in [0.25, 0.3) is 11.1 Å². The molecule has 96 valence electrons. The lowest BCUT2D eigenvalue weighted by Gasteiger charge is -2.07. The molecule has 0 amide bonds. The molecule has 0 bridgehead atoms. The van der Waals surface area contributed by atoms with E-state index in [1.807, 2.05) is 0 Å². The number of aromatic carboxylic acids is 1. The van der Waals surface area contributed by atoms with Crippen LogP contribution in [0.3, 0.4) is 0 Å². The molecule has 0 saturated heterocycles. The Hall–Kier alpha value is -2.56. The molecule has 4 nitrogen and oxygen atoms in total. The predicted molar refractivity (Wildman–Crippen MR) is 66.7 cm³/mol. The van der Waals surface area contributed by atoms with Crippen molar-refractivity contribution < 1.29 is 18.7 Å². The second-order valence-corrected chi connectivity index (χ2v) is 4.22. The lowest BCUT2D eigenvalue weighted by atomic mass is 10.2. The molecule has 19 heavy (non-hydrogen) atoms. The van der Waals surface area contributed by atoms with Crippen LogP contribution in [-0.2, 0) is 6.54 Å². The minimum Gasteiger partial charge on any atom is -0.477 e. The zero-order valence-corrected chi connectivity index (χ0v) is 9.84. The standard InChI is InChI=1S/C14H10FNO3/c15-10-3-1-9(2-4-10)8-16-11-5-6-19-13(11)7-12(16)14(17)18/h1-7H,8H2,(H,17,18). The van der Waals surface area contributed by atoms with Crippen molar-refractivity contribution in [2.45, 2.75) is 6.54 Å². The molecule has 3 rings (SSSR count). The Balaban J connectivity index is 2.07. The van der Waals surface area contributed by atoms with Crippen LogP contribution in [0.5, 0.6) is 0 Å². The summed E-state index contributed by atoms with van der Waals surface area (Å²) < 4.78 is 19.7. The number of carboxylic acid groups (broad SMARTS) is 1. The molecule has 2 heterocycles. The molecule has 0 radical (unpaired) electrons. The number of furan rings is 1. The molecule has 0 atom stereocenters. The fourth-order valence-corrected chi connectivity index (χ4v) is 2.10. The number of hydrogen-bond donors (Lipinski definition) is 1. The van der Waals surface area contributed by atoms with Gasteiger partial charge < -0.3 is 14.1 Å². The summed E-state index contributed by atoms with van der Waals surface area (Å²) in [6.07, 6.45) is 1.51. The number of rotatable bonds is 3. The van der Waals surface area contributed by atoms with Crippen molar-refractivity contribution in [2.24, 2.45) is 0 Å². The highest BCUT2D eigenvalue weighted by Crippen LogP contribution is 2.22. The van der Waals surface area contributed by atoms with Crippen molar-refractivity contribution in [2.75, 3.05) is 0 Å². The minimum absolute atomic E-state index is 0.152. The van der Waals surface area contributed by atoms with Crippen LogP contribution in [0.15, 0.2) is 47.1 Å². The summed E-state index contributed by atoms with van der Waals surface area (Å²) in [6, 6.07) is 9.17. The molecule has 1 aromatic carbocycles. The number of carboxylic acids is 1. The number of benzene rings is 1. The van der Waals surface area contributed by atoms with Gasteiger partial charge >= 0.3 is 5.97 Å². The molecule has 0 spiro atoms. The maximum Gasteiger partial charge on any atom is 0.352 e. The summed E-state index contributed by atoms with van der Waals surface area (Å²) in [5, 5.41) is 9.18. The second kappa shape index (κ2) is 4.28. The van der Waals surface area contributed by atoms with Gasteiger partial charge in [-0.3, -0.25) is 0 Å². The number of carbonyl (C=O) groups is 1. The van der Waals surface area contributed by atoms with Crippen molar-refractivity contribution in [3.05, 3.63) is 59.7 Å². The van der Waals surface area contributed by atoms with Gasteiger partial charge in [-0.1, -0.05) is 12.1 Å². The normalized spacial score (nSPS) is 11.0. The predicted octanol–water partition coefficient (Wildman–Crippen LogP) is 3.12. The minimum atomic E-state index is -1.02. The van der Waals surface area contributed by atoms with E-state index in [2.05, 4.69) is 0 Å². The van der Waals surface area contributed by atoms with Crippen molar-refractivity contribution in [1.82, 2.24) is 4.57 Å². The molecule has 3 aromatic rings. The quantitative estimate of drug-likeness (QED) is 0.786. The zero-order chi connectivity index (χ0) is 13.4. The number of aromatic nitrogens is 1. The van der Waals surface area contributed by atoms with Crippen LogP contribution in [0, 0.1) is 5.82 Å². The maximum atomic E-state index is 12.9. The van der Waals surface area contributed by atoms with Crippen LogP contribution >= 0.6 is 0 Å². The number of nitrogens with zero attached hydrogens (tertiary/aromatic N) is 1. The van der Waals surface area contributed by atoms with Crippen LogP contribution in [-0.4, -0.2) is 15.6 Å². The van der Waals surface area contributed by atoms with E-state index in [1.54, 1.807) is 22.8 Å². The third-order valence-electron chi connectivity index (χ3n) is 3.00. The van der Waals surface area contributed by atoms with E-state index in [0.29, 0.717) is 17.6 Å². The maximum absolute atomic E-state index is 12.9. The van der Waals surface area contributed by atoms with Gasteiger partial charge in [0.15, 0.2) is 5.58 Å². The van der Waals surface area contributed by atoms with Crippen LogP contribution < -0.4 is 0 Å².